The van der Waals surface area contributed by atoms with Crippen molar-refractivity contribution in [3.8, 4) is 0 Å². The summed E-state index contributed by atoms with van der Waals surface area (Å²) < 4.78 is 0.945. The fraction of sp³-hybridized carbons (Fsp3) is 0.0769. The number of hydrogen-bond donors (Lipinski definition) is 1. The molecule has 1 amide bonds. The summed E-state index contributed by atoms with van der Waals surface area (Å²) in [5, 5.41) is 3.12. The van der Waals surface area contributed by atoms with Crippen molar-refractivity contribution in [3.63, 3.8) is 0 Å². The summed E-state index contributed by atoms with van der Waals surface area (Å²) in [7, 11) is 0. The van der Waals surface area contributed by atoms with Gasteiger partial charge in [0.1, 0.15) is 0 Å². The Hall–Kier alpha value is -1.39. The average molecular weight is 326 g/mol. The maximum Gasteiger partial charge on any atom is 0.257 e. The lowest BCUT2D eigenvalue weighted by Gasteiger charge is -2.07. The van der Waals surface area contributed by atoms with Crippen molar-refractivity contribution in [1.29, 1.82) is 0 Å². The van der Waals surface area contributed by atoms with Gasteiger partial charge in [-0.25, -0.2) is 0 Å². The lowest BCUT2D eigenvalue weighted by molar-refractivity contribution is 0.102. The molecule has 92 valence electrons. The van der Waals surface area contributed by atoms with Gasteiger partial charge in [-0.05, 0) is 30.7 Å². The summed E-state index contributed by atoms with van der Waals surface area (Å²) in [5.74, 6) is -0.252. The van der Waals surface area contributed by atoms with E-state index in [1.807, 2.05) is 25.1 Å². The highest BCUT2D eigenvalue weighted by molar-refractivity contribution is 9.10. The average Bonchev–Trinajstić information content (AvgIpc) is 2.34. The SMILES string of the molecule is Cc1ccc(NC(=O)c2ccncc2Cl)cc1Br. The summed E-state index contributed by atoms with van der Waals surface area (Å²) in [6.07, 6.45) is 2.98. The monoisotopic (exact) mass is 324 g/mol. The fourth-order valence-electron chi connectivity index (χ4n) is 1.43. The van der Waals surface area contributed by atoms with Gasteiger partial charge in [0.05, 0.1) is 10.6 Å². The largest absolute Gasteiger partial charge is 0.322 e. The zero-order chi connectivity index (χ0) is 13.1. The van der Waals surface area contributed by atoms with Gasteiger partial charge in [0.2, 0.25) is 0 Å². The molecule has 0 atom stereocenters. The second-order valence-corrected chi connectivity index (χ2v) is 5.04. The van der Waals surface area contributed by atoms with E-state index in [1.54, 1.807) is 6.07 Å². The van der Waals surface area contributed by atoms with Crippen molar-refractivity contribution in [1.82, 2.24) is 4.98 Å². The first-order valence-corrected chi connectivity index (χ1v) is 6.42. The van der Waals surface area contributed by atoms with Crippen molar-refractivity contribution in [2.45, 2.75) is 6.92 Å². The maximum absolute atomic E-state index is 12.0. The van der Waals surface area contributed by atoms with Crippen LogP contribution in [-0.2, 0) is 0 Å². The molecule has 3 nitrogen and oxygen atoms in total. The Bertz CT molecular complexity index is 601. The number of halogens is 2. The third kappa shape index (κ3) is 2.89. The molecule has 1 heterocycles. The molecule has 5 heteroatoms. The summed E-state index contributed by atoms with van der Waals surface area (Å²) in [4.78, 5) is 15.8. The minimum atomic E-state index is -0.252. The minimum absolute atomic E-state index is 0.252. The molecule has 2 aromatic rings. The van der Waals surface area contributed by atoms with Gasteiger partial charge in [-0.3, -0.25) is 9.78 Å². The summed E-state index contributed by atoms with van der Waals surface area (Å²) in [5.41, 5.74) is 2.23. The molecule has 0 bridgehead atoms. The lowest BCUT2D eigenvalue weighted by atomic mass is 10.2. The first-order chi connectivity index (χ1) is 8.58. The molecule has 2 rings (SSSR count). The number of nitrogens with one attached hydrogen (secondary N) is 1. The van der Waals surface area contributed by atoms with Crippen molar-refractivity contribution in [2.24, 2.45) is 0 Å². The van der Waals surface area contributed by atoms with Crippen LogP contribution in [0.1, 0.15) is 15.9 Å². The van der Waals surface area contributed by atoms with Crippen LogP contribution in [0.15, 0.2) is 41.1 Å². The van der Waals surface area contributed by atoms with Crippen LogP contribution < -0.4 is 5.32 Å². The van der Waals surface area contributed by atoms with Crippen molar-refractivity contribution in [2.75, 3.05) is 5.32 Å². The topological polar surface area (TPSA) is 42.0 Å². The van der Waals surface area contributed by atoms with E-state index < -0.39 is 0 Å². The second-order valence-electron chi connectivity index (χ2n) is 3.77. The van der Waals surface area contributed by atoms with E-state index >= 15 is 0 Å². The summed E-state index contributed by atoms with van der Waals surface area (Å²) >= 11 is 9.33. The first-order valence-electron chi connectivity index (χ1n) is 5.25. The second kappa shape index (κ2) is 5.50. The Morgan fingerprint density at radius 1 is 1.39 bits per heavy atom. The van der Waals surface area contributed by atoms with Crippen LogP contribution in [0.5, 0.6) is 0 Å². The van der Waals surface area contributed by atoms with Crippen LogP contribution in [0, 0.1) is 6.92 Å². The highest BCUT2D eigenvalue weighted by Gasteiger charge is 2.10. The van der Waals surface area contributed by atoms with Crippen LogP contribution in [0.2, 0.25) is 5.02 Å². The number of nitrogens with zero attached hydrogens (tertiary/aromatic N) is 1. The van der Waals surface area contributed by atoms with Crippen LogP contribution in [0.3, 0.4) is 0 Å². The molecule has 0 aliphatic carbocycles. The number of rotatable bonds is 2. The lowest BCUT2D eigenvalue weighted by Crippen LogP contribution is -2.12. The van der Waals surface area contributed by atoms with Gasteiger partial charge in [-0.1, -0.05) is 33.6 Å². The summed E-state index contributed by atoms with van der Waals surface area (Å²) in [6.45, 7) is 1.98. The molecule has 0 fully saturated rings. The van der Waals surface area contributed by atoms with Gasteiger partial charge in [-0.2, -0.15) is 0 Å². The zero-order valence-corrected chi connectivity index (χ0v) is 11.9. The quantitative estimate of drug-likeness (QED) is 0.905. The van der Waals surface area contributed by atoms with E-state index in [1.165, 1.54) is 12.4 Å². The predicted molar refractivity (Wildman–Crippen MR) is 76.1 cm³/mol. The van der Waals surface area contributed by atoms with Crippen molar-refractivity contribution < 1.29 is 4.79 Å². The maximum atomic E-state index is 12.0. The predicted octanol–water partition coefficient (Wildman–Crippen LogP) is 4.06. The molecule has 0 aliphatic rings. The van der Waals surface area contributed by atoms with Gasteiger partial charge in [0.25, 0.3) is 5.91 Å². The number of pyridine rings is 1. The zero-order valence-electron chi connectivity index (χ0n) is 9.58. The molecular weight excluding hydrogens is 316 g/mol. The van der Waals surface area contributed by atoms with Crippen molar-refractivity contribution in [3.05, 3.63) is 57.3 Å². The Balaban J connectivity index is 2.22. The Morgan fingerprint density at radius 3 is 2.83 bits per heavy atom. The molecule has 1 aromatic carbocycles. The number of carbonyl (C=O) groups is 1. The highest BCUT2D eigenvalue weighted by atomic mass is 79.9. The highest BCUT2D eigenvalue weighted by Crippen LogP contribution is 2.22. The molecule has 1 N–H and O–H groups in total. The normalized spacial score (nSPS) is 10.2. The number of hydrogen-bond acceptors (Lipinski definition) is 2. The molecule has 0 radical (unpaired) electrons. The van der Waals surface area contributed by atoms with Crippen LogP contribution in [0.4, 0.5) is 5.69 Å². The minimum Gasteiger partial charge on any atom is -0.322 e. The van der Waals surface area contributed by atoms with Crippen LogP contribution in [0.25, 0.3) is 0 Å². The number of carbonyl (C=O) groups excluding carboxylic acids is 1. The van der Waals surface area contributed by atoms with Crippen LogP contribution >= 0.6 is 27.5 Å². The standard InChI is InChI=1S/C13H10BrClN2O/c1-8-2-3-9(6-11(8)14)17-13(18)10-4-5-16-7-12(10)15/h2-7H,1H3,(H,17,18). The molecule has 0 spiro atoms. The third-order valence-corrected chi connectivity index (χ3v) is 3.60. The molecule has 1 aromatic heterocycles. The first kappa shape index (κ1) is 13.1. The van der Waals surface area contributed by atoms with Gasteiger partial charge >= 0.3 is 0 Å². The van der Waals surface area contributed by atoms with E-state index in [2.05, 4.69) is 26.2 Å². The number of aromatic nitrogens is 1. The molecular formula is C13H10BrClN2O. The number of benzene rings is 1. The van der Waals surface area contributed by atoms with Gasteiger partial charge in [0, 0.05) is 22.6 Å². The van der Waals surface area contributed by atoms with E-state index in [4.69, 9.17) is 11.6 Å². The van der Waals surface area contributed by atoms with E-state index in [-0.39, 0.29) is 5.91 Å². The fourth-order valence-corrected chi connectivity index (χ4v) is 2.01. The van der Waals surface area contributed by atoms with Gasteiger partial charge in [-0.15, -0.1) is 0 Å². The van der Waals surface area contributed by atoms with Gasteiger partial charge < -0.3 is 5.32 Å². The summed E-state index contributed by atoms with van der Waals surface area (Å²) in [6, 6.07) is 7.20. The van der Waals surface area contributed by atoms with Crippen molar-refractivity contribution >= 4 is 39.1 Å². The number of amides is 1. The van der Waals surface area contributed by atoms with E-state index in [9.17, 15) is 4.79 Å². The van der Waals surface area contributed by atoms with E-state index in [0.717, 1.165) is 10.0 Å². The van der Waals surface area contributed by atoms with Crippen LogP contribution in [-0.4, -0.2) is 10.9 Å². The Kier molecular flexibility index (Phi) is 3.99. The third-order valence-electron chi connectivity index (χ3n) is 2.45. The molecule has 0 saturated heterocycles. The van der Waals surface area contributed by atoms with Gasteiger partial charge in [0.15, 0.2) is 0 Å². The molecule has 0 aliphatic heterocycles. The Morgan fingerprint density at radius 2 is 2.17 bits per heavy atom. The Labute approximate surface area is 118 Å². The van der Waals surface area contributed by atoms with E-state index in [0.29, 0.717) is 16.3 Å². The molecule has 18 heavy (non-hydrogen) atoms. The number of aryl methyl sites for hydroxylation is 1. The molecule has 0 saturated carbocycles. The smallest absolute Gasteiger partial charge is 0.257 e. The molecule has 0 unspecified atom stereocenters. The number of anilines is 1.